The Morgan fingerprint density at radius 1 is 0.583 bits per heavy atom. The summed E-state index contributed by atoms with van der Waals surface area (Å²) in [5, 5.41) is 8.62. The van der Waals surface area contributed by atoms with E-state index in [0.717, 1.165) is 11.3 Å². The fraction of sp³-hybridized carbons (Fsp3) is 0. The molecule has 0 aliphatic carbocycles. The highest BCUT2D eigenvalue weighted by molar-refractivity contribution is 5.74. The first-order chi connectivity index (χ1) is 11.9. The molecule has 0 N–H and O–H groups in total. The molecule has 0 saturated carbocycles. The molecule has 24 heavy (non-hydrogen) atoms. The summed E-state index contributed by atoms with van der Waals surface area (Å²) in [6.45, 7) is 0. The number of hydrogen-bond donors (Lipinski definition) is 0. The Bertz CT molecular complexity index is 943. The van der Waals surface area contributed by atoms with Crippen LogP contribution >= 0.6 is 0 Å². The Kier molecular flexibility index (Phi) is 3.69. The molecule has 4 aromatic rings. The average molecular weight is 312 g/mol. The third kappa shape index (κ3) is 2.72. The second kappa shape index (κ2) is 6.29. The lowest BCUT2D eigenvalue weighted by Crippen LogP contribution is -2.01. The van der Waals surface area contributed by atoms with Gasteiger partial charge in [0.1, 0.15) is 11.4 Å². The van der Waals surface area contributed by atoms with Crippen LogP contribution in [0.3, 0.4) is 0 Å². The molecule has 4 rings (SSSR count). The minimum Gasteiger partial charge on any atom is -0.265 e. The Balaban J connectivity index is 1.92. The first-order valence-electron chi connectivity index (χ1n) is 7.40. The van der Waals surface area contributed by atoms with Crippen molar-refractivity contribution in [3.05, 3.63) is 73.3 Å². The fourth-order valence-electron chi connectivity index (χ4n) is 2.31. The molecule has 0 unspecified atom stereocenters. The predicted octanol–water partition coefficient (Wildman–Crippen LogP) is 3.06. The van der Waals surface area contributed by atoms with E-state index < -0.39 is 0 Å². The summed E-state index contributed by atoms with van der Waals surface area (Å²) >= 11 is 0. The second-order valence-corrected chi connectivity index (χ2v) is 5.00. The van der Waals surface area contributed by atoms with Gasteiger partial charge in [-0.05, 0) is 36.4 Å². The molecule has 0 atom stereocenters. The van der Waals surface area contributed by atoms with Crippen molar-refractivity contribution in [3.8, 4) is 34.2 Å². The van der Waals surface area contributed by atoms with Crippen LogP contribution in [0.5, 0.6) is 0 Å². The van der Waals surface area contributed by atoms with Crippen LogP contribution in [-0.4, -0.2) is 30.1 Å². The minimum atomic E-state index is 0.526. The molecule has 0 aliphatic heterocycles. The van der Waals surface area contributed by atoms with Crippen molar-refractivity contribution in [1.82, 2.24) is 30.1 Å². The number of hydrogen-bond acceptors (Lipinski definition) is 6. The Morgan fingerprint density at radius 3 is 1.88 bits per heavy atom. The summed E-state index contributed by atoms with van der Waals surface area (Å²) < 4.78 is 0. The lowest BCUT2D eigenvalue weighted by Gasteiger charge is -2.08. The van der Waals surface area contributed by atoms with Gasteiger partial charge in [0.05, 0.1) is 11.4 Å². The van der Waals surface area contributed by atoms with E-state index in [1.54, 1.807) is 24.8 Å². The van der Waals surface area contributed by atoms with Crippen molar-refractivity contribution in [3.63, 3.8) is 0 Å². The van der Waals surface area contributed by atoms with E-state index in [4.69, 9.17) is 0 Å². The second-order valence-electron chi connectivity index (χ2n) is 5.00. The van der Waals surface area contributed by atoms with Gasteiger partial charge in [0.2, 0.25) is 0 Å². The fourth-order valence-corrected chi connectivity index (χ4v) is 2.31. The zero-order valence-electron chi connectivity index (χ0n) is 12.6. The van der Waals surface area contributed by atoms with Gasteiger partial charge in [0.25, 0.3) is 0 Å². The van der Waals surface area contributed by atoms with Gasteiger partial charge >= 0.3 is 0 Å². The topological polar surface area (TPSA) is 77.3 Å². The molecule has 0 amide bonds. The van der Waals surface area contributed by atoms with E-state index in [-0.39, 0.29) is 0 Å². The summed E-state index contributed by atoms with van der Waals surface area (Å²) in [7, 11) is 0. The van der Waals surface area contributed by atoms with Crippen LogP contribution in [0.4, 0.5) is 0 Å². The number of nitrogens with zero attached hydrogens (tertiary/aromatic N) is 6. The number of aromatic nitrogens is 6. The highest BCUT2D eigenvalue weighted by atomic mass is 15.2. The molecule has 4 aromatic heterocycles. The van der Waals surface area contributed by atoms with Gasteiger partial charge < -0.3 is 0 Å². The van der Waals surface area contributed by atoms with E-state index in [2.05, 4.69) is 30.1 Å². The lowest BCUT2D eigenvalue weighted by molar-refractivity contribution is 0.980. The number of pyridine rings is 3. The maximum atomic E-state index is 4.69. The molecule has 0 aromatic carbocycles. The third-order valence-electron chi connectivity index (χ3n) is 3.44. The third-order valence-corrected chi connectivity index (χ3v) is 3.44. The highest BCUT2D eigenvalue weighted by Crippen LogP contribution is 2.27. The zero-order valence-corrected chi connectivity index (χ0v) is 12.6. The first-order valence-corrected chi connectivity index (χ1v) is 7.40. The van der Waals surface area contributed by atoms with Gasteiger partial charge in [0.15, 0.2) is 5.82 Å². The summed E-state index contributed by atoms with van der Waals surface area (Å²) in [5.41, 5.74) is 3.54. The van der Waals surface area contributed by atoms with Crippen molar-refractivity contribution < 1.29 is 0 Å². The maximum Gasteiger partial charge on any atom is 0.182 e. The molecular weight excluding hydrogens is 300 g/mol. The van der Waals surface area contributed by atoms with Crippen LogP contribution in [0.2, 0.25) is 0 Å². The Morgan fingerprint density at radius 2 is 1.25 bits per heavy atom. The van der Waals surface area contributed by atoms with Crippen LogP contribution in [0.1, 0.15) is 0 Å². The monoisotopic (exact) mass is 312 g/mol. The van der Waals surface area contributed by atoms with E-state index >= 15 is 0 Å². The largest absolute Gasteiger partial charge is 0.265 e. The molecular formula is C18H12N6. The van der Waals surface area contributed by atoms with E-state index in [0.29, 0.717) is 22.9 Å². The maximum absolute atomic E-state index is 4.69. The molecule has 0 spiro atoms. The highest BCUT2D eigenvalue weighted by Gasteiger charge is 2.15. The van der Waals surface area contributed by atoms with E-state index in [9.17, 15) is 0 Å². The quantitative estimate of drug-likeness (QED) is 0.578. The first kappa shape index (κ1) is 14.1. The predicted molar refractivity (Wildman–Crippen MR) is 89.5 cm³/mol. The average Bonchev–Trinajstić information content (AvgIpc) is 2.69. The molecule has 0 aliphatic rings. The zero-order chi connectivity index (χ0) is 16.2. The van der Waals surface area contributed by atoms with Gasteiger partial charge in [-0.1, -0.05) is 12.1 Å². The summed E-state index contributed by atoms with van der Waals surface area (Å²) in [6, 6.07) is 15.0. The normalized spacial score (nSPS) is 10.5. The SMILES string of the molecule is c1ccc(-c2nnc(-c3ccncc3)nc2-c2ccccn2)nc1. The van der Waals surface area contributed by atoms with Gasteiger partial charge in [-0.15, -0.1) is 10.2 Å². The summed E-state index contributed by atoms with van der Waals surface area (Å²) in [6.07, 6.45) is 6.85. The molecule has 4 heterocycles. The lowest BCUT2D eigenvalue weighted by atomic mass is 10.1. The molecule has 0 bridgehead atoms. The standard InChI is InChI=1S/C18H12N6/c1-3-9-20-14(5-1)16-17(15-6-2-4-10-21-15)23-24-18(22-16)13-7-11-19-12-8-13/h1-12H. The van der Waals surface area contributed by atoms with Gasteiger partial charge in [-0.2, -0.15) is 0 Å². The van der Waals surface area contributed by atoms with Crippen molar-refractivity contribution in [2.75, 3.05) is 0 Å². The summed E-state index contributed by atoms with van der Waals surface area (Å²) in [4.78, 5) is 17.5. The van der Waals surface area contributed by atoms with Crippen molar-refractivity contribution in [2.45, 2.75) is 0 Å². The van der Waals surface area contributed by atoms with Gasteiger partial charge in [-0.25, -0.2) is 4.98 Å². The van der Waals surface area contributed by atoms with E-state index in [1.165, 1.54) is 0 Å². The van der Waals surface area contributed by atoms with Crippen molar-refractivity contribution >= 4 is 0 Å². The molecule has 114 valence electrons. The van der Waals surface area contributed by atoms with Crippen LogP contribution in [0.15, 0.2) is 73.3 Å². The molecule has 0 fully saturated rings. The molecule has 6 nitrogen and oxygen atoms in total. The molecule has 6 heteroatoms. The molecule has 0 saturated heterocycles. The van der Waals surface area contributed by atoms with Crippen molar-refractivity contribution in [1.29, 1.82) is 0 Å². The van der Waals surface area contributed by atoms with Crippen LogP contribution < -0.4 is 0 Å². The number of rotatable bonds is 3. The summed E-state index contributed by atoms with van der Waals surface area (Å²) in [5.74, 6) is 0.526. The van der Waals surface area contributed by atoms with Gasteiger partial charge in [-0.3, -0.25) is 15.0 Å². The smallest absolute Gasteiger partial charge is 0.182 e. The van der Waals surface area contributed by atoms with Gasteiger partial charge in [0, 0.05) is 30.4 Å². The van der Waals surface area contributed by atoms with Crippen LogP contribution in [0.25, 0.3) is 34.2 Å². The molecule has 0 radical (unpaired) electrons. The Hall–Kier alpha value is -3.54. The van der Waals surface area contributed by atoms with Crippen molar-refractivity contribution in [2.24, 2.45) is 0 Å². The Labute approximate surface area is 138 Å². The van der Waals surface area contributed by atoms with Crippen LogP contribution in [-0.2, 0) is 0 Å². The van der Waals surface area contributed by atoms with Crippen LogP contribution in [0, 0.1) is 0 Å². The van der Waals surface area contributed by atoms with E-state index in [1.807, 2.05) is 48.5 Å². The minimum absolute atomic E-state index is 0.526.